The Morgan fingerprint density at radius 3 is 2.65 bits per heavy atom. The Labute approximate surface area is 256 Å². The number of likely N-dealkylation sites (tertiary alicyclic amines) is 1. The van der Waals surface area contributed by atoms with Crippen LogP contribution in [0.25, 0.3) is 11.0 Å². The van der Waals surface area contributed by atoms with Gasteiger partial charge in [-0.05, 0) is 37.7 Å². The standard InChI is InChI=1S/C29H32F5N5O2S2/c1-38-22(9-7-5-3-2-4-6-8-18-13-28(30,31)14-18)23(21-12-19(15-35)16-36-25(21)38)27(41)39-11-10-20(17-39)24(42)26(40)37-43-29(32,33)34/h12,16,18,20,24,42H,2-5,7,9-11,13-14,17H2,1H3,(H,37,40)/t20?,24-/m1/s1. The number of nitrogens with zero attached hydrogens (tertiary/aromatic N) is 4. The molecule has 43 heavy (non-hydrogen) atoms. The summed E-state index contributed by atoms with van der Waals surface area (Å²) in [5.41, 5.74) is -2.56. The summed E-state index contributed by atoms with van der Waals surface area (Å²) in [7, 11) is 1.81. The van der Waals surface area contributed by atoms with Gasteiger partial charge in [-0.2, -0.15) is 31.1 Å². The molecule has 2 fully saturated rings. The molecule has 232 valence electrons. The van der Waals surface area contributed by atoms with E-state index in [2.05, 4.69) is 35.5 Å². The number of unbranched alkanes of at least 4 members (excludes halogenated alkanes) is 4. The number of aryl methyl sites for hydroxylation is 1. The van der Waals surface area contributed by atoms with Crippen LogP contribution in [0.15, 0.2) is 12.3 Å². The summed E-state index contributed by atoms with van der Waals surface area (Å²) in [6.45, 7) is 0.457. The first-order valence-electron chi connectivity index (χ1n) is 14.0. The molecule has 0 radical (unpaired) electrons. The fraction of sp³-hybridized carbons (Fsp3) is 0.586. The number of amides is 2. The lowest BCUT2D eigenvalue weighted by Gasteiger charge is -2.31. The molecule has 1 aliphatic carbocycles. The molecular formula is C29H32F5N5O2S2. The minimum Gasteiger partial charge on any atom is -0.338 e. The first-order valence-corrected chi connectivity index (χ1v) is 15.4. The number of hydrogen-bond acceptors (Lipinski definition) is 6. The van der Waals surface area contributed by atoms with Gasteiger partial charge < -0.3 is 9.47 Å². The highest BCUT2D eigenvalue weighted by Crippen LogP contribution is 2.41. The maximum Gasteiger partial charge on any atom is 0.461 e. The molecule has 2 atom stereocenters. The van der Waals surface area contributed by atoms with Crippen molar-refractivity contribution in [2.75, 3.05) is 13.1 Å². The van der Waals surface area contributed by atoms with Crippen molar-refractivity contribution in [2.45, 2.75) is 74.5 Å². The zero-order chi connectivity index (χ0) is 31.4. The quantitative estimate of drug-likeness (QED) is 0.109. The van der Waals surface area contributed by atoms with E-state index >= 15 is 0 Å². The van der Waals surface area contributed by atoms with Crippen LogP contribution in [0.4, 0.5) is 22.0 Å². The Kier molecular flexibility index (Phi) is 10.5. The summed E-state index contributed by atoms with van der Waals surface area (Å²) in [6, 6.07) is 3.69. The van der Waals surface area contributed by atoms with Crippen LogP contribution in [-0.2, 0) is 18.3 Å². The van der Waals surface area contributed by atoms with E-state index < -0.39 is 40.5 Å². The summed E-state index contributed by atoms with van der Waals surface area (Å²) >= 11 is 3.61. The third-order valence-electron chi connectivity index (χ3n) is 7.85. The molecule has 3 heterocycles. The Balaban J connectivity index is 1.39. The molecule has 0 aromatic carbocycles. The van der Waals surface area contributed by atoms with Gasteiger partial charge in [0.05, 0.1) is 28.3 Å². The van der Waals surface area contributed by atoms with E-state index in [1.807, 2.05) is 11.6 Å². The number of rotatable bonds is 10. The molecule has 7 nitrogen and oxygen atoms in total. The molecule has 1 unspecified atom stereocenters. The van der Waals surface area contributed by atoms with Gasteiger partial charge >= 0.3 is 5.51 Å². The molecule has 0 spiro atoms. The molecule has 4 rings (SSSR count). The number of pyridine rings is 1. The summed E-state index contributed by atoms with van der Waals surface area (Å²) in [5, 5.41) is 8.96. The molecule has 1 saturated heterocycles. The number of aromatic nitrogens is 2. The average Bonchev–Trinajstić information content (AvgIpc) is 3.54. The first-order chi connectivity index (χ1) is 20.3. The normalized spacial score (nSPS) is 18.9. The van der Waals surface area contributed by atoms with Crippen LogP contribution in [0.5, 0.6) is 0 Å². The topological polar surface area (TPSA) is 91.0 Å². The van der Waals surface area contributed by atoms with Crippen molar-refractivity contribution in [3.8, 4) is 17.9 Å². The summed E-state index contributed by atoms with van der Waals surface area (Å²) in [4.78, 5) is 32.1. The highest BCUT2D eigenvalue weighted by atomic mass is 32.2. The van der Waals surface area contributed by atoms with E-state index in [0.29, 0.717) is 48.0 Å². The number of thiol groups is 1. The van der Waals surface area contributed by atoms with Crippen molar-refractivity contribution in [1.82, 2.24) is 19.2 Å². The van der Waals surface area contributed by atoms with Gasteiger partial charge in [0.2, 0.25) is 5.91 Å². The number of halogens is 5. The molecule has 1 saturated carbocycles. The first kappa shape index (κ1) is 32.9. The molecule has 0 bridgehead atoms. The predicted molar refractivity (Wildman–Crippen MR) is 156 cm³/mol. The summed E-state index contributed by atoms with van der Waals surface area (Å²) < 4.78 is 66.9. The maximum atomic E-state index is 13.9. The van der Waals surface area contributed by atoms with Crippen LogP contribution < -0.4 is 4.72 Å². The lowest BCUT2D eigenvalue weighted by Crippen LogP contribution is -2.36. The van der Waals surface area contributed by atoms with E-state index in [0.717, 1.165) is 31.4 Å². The van der Waals surface area contributed by atoms with Crippen LogP contribution in [0, 0.1) is 35.0 Å². The number of alkyl halides is 5. The SMILES string of the molecule is Cn1c(CCCCCCC#CC2CC(F)(F)C2)c(C(=O)N2CCC([C@@H](S)C(=O)NSC(F)(F)F)C2)c2cc(C#N)cnc21. The van der Waals surface area contributed by atoms with E-state index in [1.165, 1.54) is 6.20 Å². The second-order valence-corrected chi connectivity index (χ2v) is 12.5. The number of fused-ring (bicyclic) bond motifs is 1. The van der Waals surface area contributed by atoms with Gasteiger partial charge in [-0.1, -0.05) is 18.8 Å². The highest BCUT2D eigenvalue weighted by Gasteiger charge is 2.44. The zero-order valence-corrected chi connectivity index (χ0v) is 25.2. The predicted octanol–water partition coefficient (Wildman–Crippen LogP) is 6.03. The van der Waals surface area contributed by atoms with E-state index in [-0.39, 0.29) is 31.2 Å². The highest BCUT2D eigenvalue weighted by molar-refractivity contribution is 7.98. The van der Waals surface area contributed by atoms with E-state index in [1.54, 1.807) is 15.7 Å². The van der Waals surface area contributed by atoms with E-state index in [9.17, 15) is 36.8 Å². The lowest BCUT2D eigenvalue weighted by atomic mass is 9.82. The number of carbonyl (C=O) groups is 2. The third-order valence-corrected chi connectivity index (χ3v) is 9.04. The van der Waals surface area contributed by atoms with Crippen LogP contribution >= 0.6 is 24.6 Å². The fourth-order valence-corrected chi connectivity index (χ4v) is 6.30. The van der Waals surface area contributed by atoms with Crippen LogP contribution in [0.2, 0.25) is 0 Å². The van der Waals surface area contributed by atoms with Crippen LogP contribution in [0.1, 0.15) is 73.0 Å². The number of hydrogen-bond donors (Lipinski definition) is 2. The van der Waals surface area contributed by atoms with Crippen molar-refractivity contribution in [1.29, 1.82) is 5.26 Å². The van der Waals surface area contributed by atoms with Crippen molar-refractivity contribution in [3.63, 3.8) is 0 Å². The zero-order valence-electron chi connectivity index (χ0n) is 23.5. The van der Waals surface area contributed by atoms with Gasteiger partial charge in [-0.3, -0.25) is 14.3 Å². The fourth-order valence-electron chi connectivity index (χ4n) is 5.56. The number of nitrogens with one attached hydrogen (secondary N) is 1. The minimum absolute atomic E-state index is 0.151. The molecule has 2 aromatic heterocycles. The van der Waals surface area contributed by atoms with Gasteiger partial charge in [-0.25, -0.2) is 13.8 Å². The second kappa shape index (κ2) is 13.8. The van der Waals surface area contributed by atoms with Gasteiger partial charge in [-0.15, -0.1) is 5.92 Å². The maximum absolute atomic E-state index is 13.9. The smallest absolute Gasteiger partial charge is 0.338 e. The second-order valence-electron chi connectivity index (χ2n) is 11.0. The third kappa shape index (κ3) is 8.36. The Hall–Kier alpha value is -2.97. The molecule has 1 N–H and O–H groups in total. The van der Waals surface area contributed by atoms with Gasteiger partial charge in [0, 0.05) is 62.6 Å². The summed E-state index contributed by atoms with van der Waals surface area (Å²) in [6.07, 6.45) is 6.15. The van der Waals surface area contributed by atoms with Crippen molar-refractivity contribution >= 4 is 47.4 Å². The molecule has 14 heteroatoms. The van der Waals surface area contributed by atoms with Crippen LogP contribution in [-0.4, -0.2) is 56.0 Å². The van der Waals surface area contributed by atoms with Crippen LogP contribution in [0.3, 0.4) is 0 Å². The van der Waals surface area contributed by atoms with E-state index in [4.69, 9.17) is 0 Å². The Morgan fingerprint density at radius 2 is 1.98 bits per heavy atom. The van der Waals surface area contributed by atoms with Gasteiger partial charge in [0.1, 0.15) is 11.7 Å². The monoisotopic (exact) mass is 641 g/mol. The van der Waals surface area contributed by atoms with Gasteiger partial charge in [0.25, 0.3) is 11.8 Å². The average molecular weight is 642 g/mol. The summed E-state index contributed by atoms with van der Waals surface area (Å²) in [5.74, 6) is 1.57. The Bertz CT molecular complexity index is 1450. The van der Waals surface area contributed by atoms with Crippen molar-refractivity contribution in [2.24, 2.45) is 18.9 Å². The molecule has 2 aliphatic rings. The largest absolute Gasteiger partial charge is 0.461 e. The molecule has 2 aromatic rings. The lowest BCUT2D eigenvalue weighted by molar-refractivity contribution is -0.119. The molecule has 2 amide bonds. The number of carbonyl (C=O) groups excluding carboxylic acids is 2. The Morgan fingerprint density at radius 1 is 1.26 bits per heavy atom. The minimum atomic E-state index is -4.62. The van der Waals surface area contributed by atoms with Crippen molar-refractivity contribution in [3.05, 3.63) is 29.1 Å². The van der Waals surface area contributed by atoms with Gasteiger partial charge in [0.15, 0.2) is 0 Å². The molecular weight excluding hydrogens is 609 g/mol. The number of nitriles is 1. The molecule has 1 aliphatic heterocycles. The van der Waals surface area contributed by atoms with Crippen molar-refractivity contribution < 1.29 is 31.5 Å².